The number of nitrogens with zero attached hydrogens (tertiary/aromatic N) is 2. The van der Waals surface area contributed by atoms with Gasteiger partial charge in [-0.1, -0.05) is 38.1 Å². The lowest BCUT2D eigenvalue weighted by atomic mass is 10.1. The third kappa shape index (κ3) is 4.46. The van der Waals surface area contributed by atoms with E-state index in [1.807, 2.05) is 61.2 Å². The monoisotopic (exact) mass is 378 g/mol. The lowest BCUT2D eigenvalue weighted by Gasteiger charge is -2.26. The van der Waals surface area contributed by atoms with E-state index in [9.17, 15) is 9.59 Å². The van der Waals surface area contributed by atoms with Gasteiger partial charge >= 0.3 is 0 Å². The second kappa shape index (κ2) is 8.80. The summed E-state index contributed by atoms with van der Waals surface area (Å²) < 4.78 is 0. The van der Waals surface area contributed by atoms with Crippen molar-refractivity contribution in [2.24, 2.45) is 0 Å². The fourth-order valence-electron chi connectivity index (χ4n) is 3.16. The number of fused-ring (bicyclic) bond motifs is 1. The molecule has 0 fully saturated rings. The average Bonchev–Trinajstić information content (AvgIpc) is 2.72. The average molecular weight is 378 g/mol. The van der Waals surface area contributed by atoms with Crippen molar-refractivity contribution >= 4 is 22.5 Å². The van der Waals surface area contributed by atoms with Crippen molar-refractivity contribution in [1.82, 2.24) is 14.9 Å². The number of hydrogen-bond acceptors (Lipinski definition) is 4. The first-order valence-corrected chi connectivity index (χ1v) is 9.63. The van der Waals surface area contributed by atoms with Crippen LogP contribution in [0.15, 0.2) is 53.3 Å². The molecular formula is C22H26N4O2. The van der Waals surface area contributed by atoms with Crippen LogP contribution >= 0.6 is 0 Å². The molecule has 1 aromatic heterocycles. The molecule has 1 unspecified atom stereocenters. The number of aromatic nitrogens is 2. The van der Waals surface area contributed by atoms with Crippen molar-refractivity contribution in [3.63, 3.8) is 0 Å². The molecule has 1 heterocycles. The molecule has 0 radical (unpaired) electrons. The third-order valence-electron chi connectivity index (χ3n) is 4.98. The second-order valence-electron chi connectivity index (χ2n) is 6.81. The second-order valence-corrected chi connectivity index (χ2v) is 6.81. The smallest absolute Gasteiger partial charge is 0.258 e. The molecule has 0 aliphatic carbocycles. The molecule has 0 spiro atoms. The molecule has 3 aromatic rings. The molecule has 1 amide bonds. The Balaban J connectivity index is 1.73. The van der Waals surface area contributed by atoms with E-state index >= 15 is 0 Å². The van der Waals surface area contributed by atoms with Gasteiger partial charge in [-0.2, -0.15) is 0 Å². The van der Waals surface area contributed by atoms with E-state index in [1.54, 1.807) is 6.07 Å². The summed E-state index contributed by atoms with van der Waals surface area (Å²) >= 11 is 0. The van der Waals surface area contributed by atoms with Crippen molar-refractivity contribution < 1.29 is 4.79 Å². The number of carbonyl (C=O) groups is 1. The van der Waals surface area contributed by atoms with E-state index in [0.717, 1.165) is 12.1 Å². The highest BCUT2D eigenvalue weighted by atomic mass is 16.2. The Morgan fingerprint density at radius 3 is 2.54 bits per heavy atom. The predicted octanol–water partition coefficient (Wildman–Crippen LogP) is 3.33. The van der Waals surface area contributed by atoms with E-state index in [2.05, 4.69) is 22.2 Å². The number of amides is 1. The maximum Gasteiger partial charge on any atom is 0.258 e. The van der Waals surface area contributed by atoms with Crippen LogP contribution in [0, 0.1) is 0 Å². The summed E-state index contributed by atoms with van der Waals surface area (Å²) in [6.07, 6.45) is 0.963. The highest BCUT2D eigenvalue weighted by Gasteiger charge is 2.21. The molecule has 0 saturated heterocycles. The van der Waals surface area contributed by atoms with Crippen LogP contribution in [0.3, 0.4) is 0 Å². The quantitative estimate of drug-likeness (QED) is 0.661. The van der Waals surface area contributed by atoms with Gasteiger partial charge in [0.05, 0.1) is 23.5 Å². The molecule has 0 aliphatic heterocycles. The normalized spacial score (nSPS) is 12.3. The Kier molecular flexibility index (Phi) is 6.21. The van der Waals surface area contributed by atoms with E-state index in [0.29, 0.717) is 29.8 Å². The molecule has 146 valence electrons. The maximum absolute atomic E-state index is 12.7. The van der Waals surface area contributed by atoms with Crippen LogP contribution in [-0.2, 0) is 17.8 Å². The molecule has 0 saturated carbocycles. The zero-order chi connectivity index (χ0) is 20.1. The van der Waals surface area contributed by atoms with Crippen LogP contribution in [0.25, 0.3) is 10.9 Å². The van der Waals surface area contributed by atoms with Gasteiger partial charge < -0.3 is 10.3 Å². The van der Waals surface area contributed by atoms with Gasteiger partial charge in [0.1, 0.15) is 5.82 Å². The fraction of sp³-hybridized carbons (Fsp3) is 0.318. The highest BCUT2D eigenvalue weighted by molar-refractivity contribution is 5.94. The molecule has 6 heteroatoms. The number of nitrogens with one attached hydrogen (secondary N) is 2. The molecule has 3 rings (SSSR count). The van der Waals surface area contributed by atoms with Gasteiger partial charge in [0.25, 0.3) is 5.56 Å². The number of benzene rings is 2. The first kappa shape index (κ1) is 19.8. The zero-order valence-corrected chi connectivity index (χ0v) is 16.5. The van der Waals surface area contributed by atoms with Crippen LogP contribution in [0.2, 0.25) is 0 Å². The summed E-state index contributed by atoms with van der Waals surface area (Å²) in [4.78, 5) is 34.3. The summed E-state index contributed by atoms with van der Waals surface area (Å²) in [6.45, 7) is 6.98. The van der Waals surface area contributed by atoms with Crippen LogP contribution < -0.4 is 10.9 Å². The van der Waals surface area contributed by atoms with Crippen molar-refractivity contribution in [3.8, 4) is 0 Å². The van der Waals surface area contributed by atoms with Gasteiger partial charge in [0.2, 0.25) is 5.91 Å². The highest BCUT2D eigenvalue weighted by Crippen LogP contribution is 2.13. The topological polar surface area (TPSA) is 78.1 Å². The molecule has 0 aliphatic rings. The van der Waals surface area contributed by atoms with Crippen molar-refractivity contribution in [2.45, 2.75) is 39.8 Å². The van der Waals surface area contributed by atoms with E-state index < -0.39 is 0 Å². The number of para-hydroxylation sites is 1. The molecule has 6 nitrogen and oxygen atoms in total. The Bertz CT molecular complexity index is 1010. The Morgan fingerprint density at radius 1 is 1.14 bits per heavy atom. The lowest BCUT2D eigenvalue weighted by molar-refractivity contribution is -0.120. The van der Waals surface area contributed by atoms with E-state index in [-0.39, 0.29) is 17.5 Å². The fourth-order valence-corrected chi connectivity index (χ4v) is 3.16. The number of aromatic amines is 1. The number of aryl methyl sites for hydroxylation is 1. The molecule has 2 aromatic carbocycles. The number of rotatable bonds is 7. The first-order valence-electron chi connectivity index (χ1n) is 9.63. The number of H-pyrrole nitrogens is 1. The molecule has 1 atom stereocenters. The van der Waals surface area contributed by atoms with Crippen molar-refractivity contribution in [2.75, 3.05) is 11.9 Å². The number of likely N-dealkylation sites (N-methyl/N-ethyl adjacent to an activating group) is 1. The van der Waals surface area contributed by atoms with Crippen LogP contribution in [0.4, 0.5) is 5.69 Å². The molecule has 0 bridgehead atoms. The summed E-state index contributed by atoms with van der Waals surface area (Å²) in [7, 11) is 0. The van der Waals surface area contributed by atoms with Gasteiger partial charge in [-0.15, -0.1) is 0 Å². The largest absolute Gasteiger partial charge is 0.325 e. The first-order chi connectivity index (χ1) is 13.5. The van der Waals surface area contributed by atoms with Gasteiger partial charge in [-0.3, -0.25) is 14.5 Å². The minimum Gasteiger partial charge on any atom is -0.325 e. The summed E-state index contributed by atoms with van der Waals surface area (Å²) in [6, 6.07) is 14.7. The minimum atomic E-state index is -0.368. The number of hydrogen-bond donors (Lipinski definition) is 2. The summed E-state index contributed by atoms with van der Waals surface area (Å²) in [5.41, 5.74) is 2.50. The van der Waals surface area contributed by atoms with E-state index in [1.165, 1.54) is 5.56 Å². The predicted molar refractivity (Wildman–Crippen MR) is 112 cm³/mol. The minimum absolute atomic E-state index is 0.0887. The summed E-state index contributed by atoms with van der Waals surface area (Å²) in [5, 5.41) is 3.53. The molecular weight excluding hydrogens is 352 g/mol. The lowest BCUT2D eigenvalue weighted by Crippen LogP contribution is -2.42. The van der Waals surface area contributed by atoms with Gasteiger partial charge in [-0.05, 0) is 49.7 Å². The number of carbonyl (C=O) groups excluding carboxylic acids is 1. The maximum atomic E-state index is 12.7. The standard InChI is InChI=1S/C22H26N4O2/c1-4-16-10-12-17(13-11-16)23-21(27)15(3)26(5-2)14-20-24-19-9-7-6-8-18(19)22(28)25-20/h6-13,15H,4-5,14H2,1-3H3,(H,23,27)(H,24,25,28). The van der Waals surface area contributed by atoms with E-state index in [4.69, 9.17) is 0 Å². The van der Waals surface area contributed by atoms with Crippen molar-refractivity contribution in [1.29, 1.82) is 0 Å². The van der Waals surface area contributed by atoms with Gasteiger partial charge in [0.15, 0.2) is 0 Å². The Morgan fingerprint density at radius 2 is 1.86 bits per heavy atom. The van der Waals surface area contributed by atoms with Gasteiger partial charge in [-0.25, -0.2) is 4.98 Å². The Labute approximate surface area is 164 Å². The van der Waals surface area contributed by atoms with Crippen molar-refractivity contribution in [3.05, 3.63) is 70.3 Å². The number of anilines is 1. The Hall–Kier alpha value is -2.99. The van der Waals surface area contributed by atoms with Crippen LogP contribution in [0.1, 0.15) is 32.2 Å². The zero-order valence-electron chi connectivity index (χ0n) is 16.5. The summed E-state index contributed by atoms with van der Waals surface area (Å²) in [5.74, 6) is 0.465. The SMILES string of the molecule is CCc1ccc(NC(=O)C(C)N(CC)Cc2nc3ccccc3c(=O)[nH]2)cc1. The van der Waals surface area contributed by atoms with Crippen LogP contribution in [0.5, 0.6) is 0 Å². The third-order valence-corrected chi connectivity index (χ3v) is 4.98. The van der Waals surface area contributed by atoms with Crippen LogP contribution in [-0.4, -0.2) is 33.4 Å². The molecule has 28 heavy (non-hydrogen) atoms. The van der Waals surface area contributed by atoms with Gasteiger partial charge in [0, 0.05) is 5.69 Å². The molecule has 2 N–H and O–H groups in total.